The number of rotatable bonds is 6. The highest BCUT2D eigenvalue weighted by Gasteiger charge is 2.27. The van der Waals surface area contributed by atoms with Crippen LogP contribution in [0.1, 0.15) is 40.8 Å². The zero-order valence-corrected chi connectivity index (χ0v) is 16.7. The van der Waals surface area contributed by atoms with E-state index in [2.05, 4.69) is 4.98 Å². The van der Waals surface area contributed by atoms with Crippen molar-refractivity contribution in [2.75, 3.05) is 6.61 Å². The predicted molar refractivity (Wildman–Crippen MR) is 113 cm³/mol. The van der Waals surface area contributed by atoms with Gasteiger partial charge in [-0.1, -0.05) is 66.7 Å². The van der Waals surface area contributed by atoms with Gasteiger partial charge in [0, 0.05) is 12.1 Å². The third-order valence-electron chi connectivity index (χ3n) is 4.85. The molecule has 2 heterocycles. The molecular formula is C24H22N2O4. The first-order chi connectivity index (χ1) is 14.7. The summed E-state index contributed by atoms with van der Waals surface area (Å²) in [6, 6.07) is 19.2. The van der Waals surface area contributed by atoms with Crippen LogP contribution in [0.3, 0.4) is 0 Å². The average molecular weight is 402 g/mol. The molecule has 6 nitrogen and oxygen atoms in total. The second-order valence-electron chi connectivity index (χ2n) is 6.84. The van der Waals surface area contributed by atoms with E-state index in [0.29, 0.717) is 18.8 Å². The molecule has 2 aromatic carbocycles. The van der Waals surface area contributed by atoms with Crippen molar-refractivity contribution in [3.05, 3.63) is 99.7 Å². The van der Waals surface area contributed by atoms with Crippen molar-refractivity contribution in [1.29, 1.82) is 0 Å². The van der Waals surface area contributed by atoms with Crippen molar-refractivity contribution in [3.63, 3.8) is 0 Å². The summed E-state index contributed by atoms with van der Waals surface area (Å²) < 4.78 is 12.5. The van der Waals surface area contributed by atoms with E-state index in [1.165, 1.54) is 0 Å². The second kappa shape index (κ2) is 8.78. The lowest BCUT2D eigenvalue weighted by Gasteiger charge is -2.21. The van der Waals surface area contributed by atoms with E-state index in [4.69, 9.17) is 9.47 Å². The monoisotopic (exact) mass is 402 g/mol. The lowest BCUT2D eigenvalue weighted by Crippen LogP contribution is -2.31. The van der Waals surface area contributed by atoms with Gasteiger partial charge in [-0.05, 0) is 24.5 Å². The Morgan fingerprint density at radius 1 is 1.07 bits per heavy atom. The third-order valence-corrected chi connectivity index (χ3v) is 4.85. The van der Waals surface area contributed by atoms with Gasteiger partial charge in [-0.25, -0.2) is 9.78 Å². The number of esters is 1. The van der Waals surface area contributed by atoms with Crippen LogP contribution in [0.4, 0.5) is 0 Å². The van der Waals surface area contributed by atoms with Crippen LogP contribution in [-0.2, 0) is 17.9 Å². The Balaban J connectivity index is 1.80. The highest BCUT2D eigenvalue weighted by atomic mass is 16.5. The van der Waals surface area contributed by atoms with Crippen LogP contribution >= 0.6 is 0 Å². The minimum Gasteiger partial charge on any atom is -0.481 e. The number of fused-ring (bicyclic) bond motifs is 1. The van der Waals surface area contributed by atoms with Gasteiger partial charge in [0.15, 0.2) is 5.69 Å². The Hall–Kier alpha value is -3.67. The molecule has 6 heteroatoms. The Kier molecular flexibility index (Phi) is 5.75. The van der Waals surface area contributed by atoms with Gasteiger partial charge in [0.25, 0.3) is 5.56 Å². The molecule has 0 radical (unpaired) electrons. The second-order valence-corrected chi connectivity index (χ2v) is 6.84. The number of hydrogen-bond donors (Lipinski definition) is 0. The third kappa shape index (κ3) is 3.89. The standard InChI is InChI=1S/C24H22N2O4/c1-2-29-24(28)20-21(30-16-17-10-5-3-6-11-17)23(27)26-15-9-14-19(22(26)25-20)18-12-7-4-8-13-18/h3-8,10-14H,2,9,15-16H2,1H3. The highest BCUT2D eigenvalue weighted by molar-refractivity contribution is 5.91. The summed E-state index contributed by atoms with van der Waals surface area (Å²) in [5.41, 5.74) is 2.18. The largest absolute Gasteiger partial charge is 0.481 e. The van der Waals surface area contributed by atoms with Crippen LogP contribution in [0.25, 0.3) is 5.57 Å². The summed E-state index contributed by atoms with van der Waals surface area (Å²) in [6.45, 7) is 2.52. The van der Waals surface area contributed by atoms with Gasteiger partial charge in [0.2, 0.25) is 5.75 Å². The molecule has 0 atom stereocenters. The zero-order chi connectivity index (χ0) is 20.9. The number of carbonyl (C=O) groups is 1. The van der Waals surface area contributed by atoms with E-state index in [1.54, 1.807) is 11.5 Å². The summed E-state index contributed by atoms with van der Waals surface area (Å²) in [7, 11) is 0. The SMILES string of the molecule is CCOC(=O)c1nc2n(c(=O)c1OCc1ccccc1)CCC=C2c1ccccc1. The molecule has 0 fully saturated rings. The van der Waals surface area contributed by atoms with Crippen LogP contribution < -0.4 is 10.3 Å². The summed E-state index contributed by atoms with van der Waals surface area (Å²) in [4.78, 5) is 30.5. The number of aromatic nitrogens is 2. The number of benzene rings is 2. The van der Waals surface area contributed by atoms with Gasteiger partial charge < -0.3 is 9.47 Å². The molecule has 1 aromatic heterocycles. The molecule has 1 aliphatic rings. The maximum Gasteiger partial charge on any atom is 0.361 e. The number of allylic oxidation sites excluding steroid dienone is 1. The van der Waals surface area contributed by atoms with Crippen molar-refractivity contribution in [1.82, 2.24) is 9.55 Å². The Morgan fingerprint density at radius 2 is 1.77 bits per heavy atom. The summed E-state index contributed by atoms with van der Waals surface area (Å²) in [5.74, 6) is -0.290. The van der Waals surface area contributed by atoms with Gasteiger partial charge in [-0.2, -0.15) is 0 Å². The molecular weight excluding hydrogens is 380 g/mol. The van der Waals surface area contributed by atoms with E-state index in [1.807, 2.05) is 66.7 Å². The number of hydrogen-bond acceptors (Lipinski definition) is 5. The van der Waals surface area contributed by atoms with Crippen molar-refractivity contribution < 1.29 is 14.3 Å². The molecule has 0 saturated carbocycles. The lowest BCUT2D eigenvalue weighted by molar-refractivity contribution is 0.0512. The van der Waals surface area contributed by atoms with Gasteiger partial charge >= 0.3 is 5.97 Å². The fraction of sp³-hybridized carbons (Fsp3) is 0.208. The van der Waals surface area contributed by atoms with Gasteiger partial charge in [-0.15, -0.1) is 0 Å². The lowest BCUT2D eigenvalue weighted by atomic mass is 10.0. The molecule has 0 saturated heterocycles. The van der Waals surface area contributed by atoms with Gasteiger partial charge in [-0.3, -0.25) is 9.36 Å². The Labute approximate surface area is 174 Å². The fourth-order valence-corrected chi connectivity index (χ4v) is 3.44. The van der Waals surface area contributed by atoms with Gasteiger partial charge in [0.1, 0.15) is 12.4 Å². The first kappa shape index (κ1) is 19.6. The molecule has 1 aliphatic heterocycles. The molecule has 0 bridgehead atoms. The van der Waals surface area contributed by atoms with E-state index in [0.717, 1.165) is 16.7 Å². The molecule has 152 valence electrons. The van der Waals surface area contributed by atoms with E-state index >= 15 is 0 Å². The van der Waals surface area contributed by atoms with Crippen molar-refractivity contribution >= 4 is 11.5 Å². The van der Waals surface area contributed by atoms with Crippen LogP contribution in [0.15, 0.2) is 71.5 Å². The minimum atomic E-state index is -0.668. The van der Waals surface area contributed by atoms with E-state index in [-0.39, 0.29) is 30.2 Å². The van der Waals surface area contributed by atoms with Crippen LogP contribution in [0.5, 0.6) is 5.75 Å². The van der Waals surface area contributed by atoms with Crippen LogP contribution in [-0.4, -0.2) is 22.1 Å². The summed E-state index contributed by atoms with van der Waals surface area (Å²) in [6.07, 6.45) is 2.73. The Bertz CT molecular complexity index is 1140. The summed E-state index contributed by atoms with van der Waals surface area (Å²) in [5, 5.41) is 0. The van der Waals surface area contributed by atoms with Crippen LogP contribution in [0, 0.1) is 0 Å². The molecule has 0 N–H and O–H groups in total. The van der Waals surface area contributed by atoms with E-state index < -0.39 is 5.97 Å². The molecule has 4 rings (SSSR count). The maximum absolute atomic E-state index is 13.3. The highest BCUT2D eigenvalue weighted by Crippen LogP contribution is 2.27. The number of ether oxygens (including phenoxy) is 2. The van der Waals surface area contributed by atoms with Crippen molar-refractivity contribution in [3.8, 4) is 5.75 Å². The predicted octanol–water partition coefficient (Wildman–Crippen LogP) is 3.83. The topological polar surface area (TPSA) is 70.4 Å². The van der Waals surface area contributed by atoms with Gasteiger partial charge in [0.05, 0.1) is 6.61 Å². The first-order valence-corrected chi connectivity index (χ1v) is 9.93. The quantitative estimate of drug-likeness (QED) is 0.586. The molecule has 0 unspecified atom stereocenters. The molecule has 0 aliphatic carbocycles. The minimum absolute atomic E-state index is 0.0737. The van der Waals surface area contributed by atoms with E-state index in [9.17, 15) is 9.59 Å². The molecule has 0 amide bonds. The fourth-order valence-electron chi connectivity index (χ4n) is 3.44. The molecule has 0 spiro atoms. The smallest absolute Gasteiger partial charge is 0.361 e. The normalized spacial score (nSPS) is 12.6. The van der Waals surface area contributed by atoms with Crippen molar-refractivity contribution in [2.45, 2.75) is 26.5 Å². The first-order valence-electron chi connectivity index (χ1n) is 9.93. The number of carbonyl (C=O) groups excluding carboxylic acids is 1. The Morgan fingerprint density at radius 3 is 2.47 bits per heavy atom. The van der Waals surface area contributed by atoms with Crippen molar-refractivity contribution in [2.24, 2.45) is 0 Å². The zero-order valence-electron chi connectivity index (χ0n) is 16.7. The maximum atomic E-state index is 13.3. The number of nitrogens with zero attached hydrogens (tertiary/aromatic N) is 2. The molecule has 30 heavy (non-hydrogen) atoms. The summed E-state index contributed by atoms with van der Waals surface area (Å²) >= 11 is 0. The molecule has 3 aromatic rings. The van der Waals surface area contributed by atoms with Crippen LogP contribution in [0.2, 0.25) is 0 Å². The average Bonchev–Trinajstić information content (AvgIpc) is 2.79.